The number of rotatable bonds is 5. The normalized spacial score (nSPS) is 22.3. The maximum Gasteiger partial charge on any atom is 0.257 e. The monoisotopic (exact) mass is 438 g/mol. The largest absolute Gasteiger partial charge is 0.328 e. The van der Waals surface area contributed by atoms with Crippen molar-refractivity contribution >= 4 is 5.91 Å². The van der Waals surface area contributed by atoms with Crippen LogP contribution in [0.3, 0.4) is 0 Å². The zero-order valence-electron chi connectivity index (χ0n) is 19.1. The van der Waals surface area contributed by atoms with Crippen LogP contribution in [0, 0.1) is 0 Å². The molecule has 0 bridgehead atoms. The molecule has 0 aromatic carbocycles. The maximum atomic E-state index is 13.3. The number of nitrogens with zero attached hydrogens (tertiary/aromatic N) is 5. The second kappa shape index (κ2) is 9.17. The number of hydrogen-bond acceptors (Lipinski definition) is 5. The first kappa shape index (κ1) is 21.4. The van der Waals surface area contributed by atoms with Crippen molar-refractivity contribution in [3.63, 3.8) is 0 Å². The zero-order chi connectivity index (χ0) is 22.1. The third kappa shape index (κ3) is 4.12. The molecule has 1 amide bonds. The summed E-state index contributed by atoms with van der Waals surface area (Å²) < 4.78 is 1.82. The number of fused-ring (bicyclic) bond motifs is 1. The zero-order valence-corrected chi connectivity index (χ0v) is 19.1. The van der Waals surface area contributed by atoms with Gasteiger partial charge in [0, 0.05) is 44.0 Å². The van der Waals surface area contributed by atoms with Crippen LogP contribution in [0.1, 0.15) is 91.8 Å². The van der Waals surface area contributed by atoms with E-state index in [1.807, 2.05) is 15.8 Å². The lowest BCUT2D eigenvalue weighted by Crippen LogP contribution is -2.43. The fourth-order valence-electron chi connectivity index (χ4n) is 5.67. The molecule has 1 atom stereocenters. The molecule has 2 fully saturated rings. The molecule has 0 spiro atoms. The van der Waals surface area contributed by atoms with Crippen LogP contribution >= 0.6 is 0 Å². The molecule has 3 aliphatic rings. The fourth-order valence-corrected chi connectivity index (χ4v) is 5.67. The molecular formula is C24H34N6O2. The quantitative estimate of drug-likeness (QED) is 0.775. The number of carbonyl (C=O) groups is 1. The highest BCUT2D eigenvalue weighted by molar-refractivity contribution is 5.94. The lowest BCUT2D eigenvalue weighted by molar-refractivity contribution is 0.0598. The summed E-state index contributed by atoms with van der Waals surface area (Å²) in [4.78, 5) is 38.7. The predicted molar refractivity (Wildman–Crippen MR) is 121 cm³/mol. The van der Waals surface area contributed by atoms with Gasteiger partial charge in [-0.15, -0.1) is 0 Å². The van der Waals surface area contributed by atoms with Crippen molar-refractivity contribution in [1.29, 1.82) is 0 Å². The molecule has 2 aromatic heterocycles. The highest BCUT2D eigenvalue weighted by Crippen LogP contribution is 2.32. The number of amides is 1. The Hall–Kier alpha value is -2.48. The van der Waals surface area contributed by atoms with Crippen LogP contribution < -0.4 is 5.56 Å². The standard InChI is InChI=1S/C24H34N6O2/c1-2-11-29-15-17(14-25-29)24(32)30-12-6-5-9-21(30)22-26-20-16-28(18-7-3-4-8-18)13-10-19(20)23(31)27-22/h14-15,18,21H,2-13,16H2,1H3,(H,26,27,31)/t21-/m0/s1. The Morgan fingerprint density at radius 1 is 1.16 bits per heavy atom. The van der Waals surface area contributed by atoms with E-state index in [0.717, 1.165) is 63.0 Å². The molecule has 8 nitrogen and oxygen atoms in total. The number of aromatic nitrogens is 4. The summed E-state index contributed by atoms with van der Waals surface area (Å²) in [6.45, 7) is 5.26. The SMILES string of the molecule is CCCn1cc(C(=O)N2CCCC[C@H]2c2nc3c(c(=O)[nH]2)CCN(C2CCCC2)C3)cn1. The van der Waals surface area contributed by atoms with Crippen molar-refractivity contribution in [2.24, 2.45) is 0 Å². The summed E-state index contributed by atoms with van der Waals surface area (Å²) in [7, 11) is 0. The number of aryl methyl sites for hydroxylation is 1. The summed E-state index contributed by atoms with van der Waals surface area (Å²) in [5, 5.41) is 4.33. The molecule has 32 heavy (non-hydrogen) atoms. The first-order valence-electron chi connectivity index (χ1n) is 12.3. The molecule has 8 heteroatoms. The second-order valence-corrected chi connectivity index (χ2v) is 9.54. The van der Waals surface area contributed by atoms with Gasteiger partial charge in [-0.3, -0.25) is 19.2 Å². The van der Waals surface area contributed by atoms with E-state index in [0.29, 0.717) is 24.0 Å². The minimum Gasteiger partial charge on any atom is -0.328 e. The topological polar surface area (TPSA) is 87.1 Å². The third-order valence-corrected chi connectivity index (χ3v) is 7.37. The number of hydrogen-bond donors (Lipinski definition) is 1. The average Bonchev–Trinajstić information content (AvgIpc) is 3.51. The Balaban J connectivity index is 1.41. The molecule has 1 saturated heterocycles. The van der Waals surface area contributed by atoms with Gasteiger partial charge >= 0.3 is 0 Å². The van der Waals surface area contributed by atoms with Crippen LogP contribution in [-0.2, 0) is 19.5 Å². The molecule has 1 N–H and O–H groups in total. The highest BCUT2D eigenvalue weighted by atomic mass is 16.2. The second-order valence-electron chi connectivity index (χ2n) is 9.54. The van der Waals surface area contributed by atoms with E-state index in [2.05, 4.69) is 21.9 Å². The Bertz CT molecular complexity index is 1020. The van der Waals surface area contributed by atoms with Crippen molar-refractivity contribution in [3.05, 3.63) is 45.4 Å². The molecular weight excluding hydrogens is 404 g/mol. The van der Waals surface area contributed by atoms with Gasteiger partial charge in [-0.25, -0.2) is 4.98 Å². The lowest BCUT2D eigenvalue weighted by atomic mass is 9.99. The van der Waals surface area contributed by atoms with Gasteiger partial charge in [-0.2, -0.15) is 5.10 Å². The fraction of sp³-hybridized carbons (Fsp3) is 0.667. The van der Waals surface area contributed by atoms with E-state index in [1.165, 1.54) is 25.7 Å². The van der Waals surface area contributed by atoms with Crippen molar-refractivity contribution in [2.45, 2.75) is 89.9 Å². The van der Waals surface area contributed by atoms with Gasteiger partial charge in [0.2, 0.25) is 0 Å². The molecule has 2 aromatic rings. The Kier molecular flexibility index (Phi) is 6.13. The van der Waals surface area contributed by atoms with E-state index >= 15 is 0 Å². The van der Waals surface area contributed by atoms with Crippen molar-refractivity contribution in [1.82, 2.24) is 29.5 Å². The molecule has 5 rings (SSSR count). The van der Waals surface area contributed by atoms with Crippen LogP contribution in [0.15, 0.2) is 17.2 Å². The molecule has 172 valence electrons. The molecule has 0 unspecified atom stereocenters. The van der Waals surface area contributed by atoms with Gasteiger partial charge in [-0.05, 0) is 44.9 Å². The van der Waals surface area contributed by atoms with Crippen LogP contribution in [0.4, 0.5) is 0 Å². The van der Waals surface area contributed by atoms with Crippen LogP contribution in [-0.4, -0.2) is 54.6 Å². The summed E-state index contributed by atoms with van der Waals surface area (Å²) in [5.41, 5.74) is 2.33. The van der Waals surface area contributed by atoms with E-state index in [4.69, 9.17) is 4.98 Å². The summed E-state index contributed by atoms with van der Waals surface area (Å²) in [6, 6.07) is 0.436. The molecule has 4 heterocycles. The number of likely N-dealkylation sites (tertiary alicyclic amines) is 1. The van der Waals surface area contributed by atoms with Crippen LogP contribution in [0.2, 0.25) is 0 Å². The number of nitrogens with one attached hydrogen (secondary N) is 1. The lowest BCUT2D eigenvalue weighted by Gasteiger charge is -2.36. The first-order valence-corrected chi connectivity index (χ1v) is 12.3. The third-order valence-electron chi connectivity index (χ3n) is 7.37. The van der Waals surface area contributed by atoms with E-state index in [-0.39, 0.29) is 17.5 Å². The Labute approximate surface area is 189 Å². The highest BCUT2D eigenvalue weighted by Gasteiger charge is 2.33. The van der Waals surface area contributed by atoms with Gasteiger partial charge in [0.1, 0.15) is 5.82 Å². The van der Waals surface area contributed by atoms with Gasteiger partial charge < -0.3 is 9.88 Å². The number of carbonyl (C=O) groups excluding carboxylic acids is 1. The average molecular weight is 439 g/mol. The van der Waals surface area contributed by atoms with Crippen molar-refractivity contribution in [3.8, 4) is 0 Å². The van der Waals surface area contributed by atoms with Gasteiger partial charge in [0.15, 0.2) is 0 Å². The van der Waals surface area contributed by atoms with Gasteiger partial charge in [0.25, 0.3) is 11.5 Å². The predicted octanol–water partition coefficient (Wildman–Crippen LogP) is 3.04. The molecule has 1 saturated carbocycles. The van der Waals surface area contributed by atoms with Crippen LogP contribution in [0.5, 0.6) is 0 Å². The van der Waals surface area contributed by atoms with E-state index in [9.17, 15) is 9.59 Å². The summed E-state index contributed by atoms with van der Waals surface area (Å²) in [6.07, 6.45) is 13.2. The Morgan fingerprint density at radius 3 is 2.78 bits per heavy atom. The van der Waals surface area contributed by atoms with Gasteiger partial charge in [0.05, 0.1) is 23.5 Å². The van der Waals surface area contributed by atoms with Gasteiger partial charge in [-0.1, -0.05) is 19.8 Å². The van der Waals surface area contributed by atoms with E-state index in [1.54, 1.807) is 6.20 Å². The minimum absolute atomic E-state index is 0.0231. The van der Waals surface area contributed by atoms with Crippen molar-refractivity contribution in [2.75, 3.05) is 13.1 Å². The number of H-pyrrole nitrogens is 1. The molecule has 1 aliphatic carbocycles. The maximum absolute atomic E-state index is 13.3. The number of aromatic amines is 1. The first-order chi connectivity index (χ1) is 15.6. The summed E-state index contributed by atoms with van der Waals surface area (Å²) >= 11 is 0. The molecule has 0 radical (unpaired) electrons. The number of piperidine rings is 1. The Morgan fingerprint density at radius 2 is 1.97 bits per heavy atom. The molecule has 2 aliphatic heterocycles. The van der Waals surface area contributed by atoms with E-state index < -0.39 is 0 Å². The van der Waals surface area contributed by atoms with Crippen molar-refractivity contribution < 1.29 is 4.79 Å². The smallest absolute Gasteiger partial charge is 0.257 e. The van der Waals surface area contributed by atoms with Crippen LogP contribution in [0.25, 0.3) is 0 Å². The summed E-state index contributed by atoms with van der Waals surface area (Å²) in [5.74, 6) is 0.626. The minimum atomic E-state index is -0.189.